The van der Waals surface area contributed by atoms with Crippen molar-refractivity contribution in [2.75, 3.05) is 10.6 Å². The van der Waals surface area contributed by atoms with Crippen LogP contribution in [0.3, 0.4) is 0 Å². The largest absolute Gasteiger partial charge is 0.437 e. The summed E-state index contributed by atoms with van der Waals surface area (Å²) >= 11 is 0. The number of allylic oxidation sites excluding steroid dienone is 2. The van der Waals surface area contributed by atoms with Gasteiger partial charge in [-0.3, -0.25) is 0 Å². The minimum Gasteiger partial charge on any atom is -0.437 e. The van der Waals surface area contributed by atoms with Gasteiger partial charge in [0.2, 0.25) is 11.8 Å². The SMILES string of the molecule is N#CC(C#N)=C1Nc2c(ccc3ccc4ccc5c(c4c23)NC(=C(C#N)C#N)O5)O1. The average molecular weight is 388 g/mol. The van der Waals surface area contributed by atoms with E-state index in [0.717, 1.165) is 21.5 Å². The number of fused-ring (bicyclic) bond motifs is 7. The standard InChI is InChI=1S/C22H8N6O2/c23-7-13(8-24)21-27-19-15(29-21)5-3-11-1-2-12-4-6-16-20(18(12)17(11)19)28-22(30-16)14(9-25)10-26/h1-6,27-28H. The highest BCUT2D eigenvalue weighted by Crippen LogP contribution is 2.48. The highest BCUT2D eigenvalue weighted by Gasteiger charge is 2.28. The van der Waals surface area contributed by atoms with Crippen LogP contribution in [-0.4, -0.2) is 0 Å². The molecule has 0 radical (unpaired) electrons. The van der Waals surface area contributed by atoms with Crippen molar-refractivity contribution in [2.45, 2.75) is 0 Å². The Labute approximate surface area is 169 Å². The number of nitrogens with zero attached hydrogens (tertiary/aromatic N) is 4. The fourth-order valence-electron chi connectivity index (χ4n) is 3.59. The third kappa shape index (κ3) is 2.23. The summed E-state index contributed by atoms with van der Waals surface area (Å²) in [4.78, 5) is 0. The van der Waals surface area contributed by atoms with Gasteiger partial charge in [-0.25, -0.2) is 0 Å². The molecule has 30 heavy (non-hydrogen) atoms. The van der Waals surface area contributed by atoms with Gasteiger partial charge in [-0.15, -0.1) is 0 Å². The van der Waals surface area contributed by atoms with Gasteiger partial charge in [0.25, 0.3) is 0 Å². The van der Waals surface area contributed by atoms with Crippen molar-refractivity contribution >= 4 is 32.9 Å². The molecule has 8 nitrogen and oxygen atoms in total. The van der Waals surface area contributed by atoms with Crippen LogP contribution in [0.15, 0.2) is 59.3 Å². The monoisotopic (exact) mass is 388 g/mol. The maximum atomic E-state index is 9.17. The molecule has 8 heteroatoms. The summed E-state index contributed by atoms with van der Waals surface area (Å²) < 4.78 is 11.4. The maximum absolute atomic E-state index is 9.17. The normalized spacial score (nSPS) is 12.8. The van der Waals surface area contributed by atoms with Crippen molar-refractivity contribution in [3.63, 3.8) is 0 Å². The fourth-order valence-corrected chi connectivity index (χ4v) is 3.59. The second kappa shape index (κ2) is 6.17. The highest BCUT2D eigenvalue weighted by molar-refractivity contribution is 6.21. The summed E-state index contributed by atoms with van der Waals surface area (Å²) in [5, 5.41) is 46.1. The Kier molecular flexibility index (Phi) is 3.49. The van der Waals surface area contributed by atoms with Crippen LogP contribution < -0.4 is 20.1 Å². The molecule has 2 aliphatic heterocycles. The quantitative estimate of drug-likeness (QED) is 0.433. The van der Waals surface area contributed by atoms with Gasteiger partial charge in [0, 0.05) is 10.8 Å². The van der Waals surface area contributed by atoms with E-state index in [1.165, 1.54) is 0 Å². The summed E-state index contributed by atoms with van der Waals surface area (Å²) in [7, 11) is 0. The van der Waals surface area contributed by atoms with E-state index in [2.05, 4.69) is 10.6 Å². The predicted octanol–water partition coefficient (Wildman–Crippen LogP) is 4.12. The van der Waals surface area contributed by atoms with Gasteiger partial charge in [-0.1, -0.05) is 24.3 Å². The molecular formula is C22H8N6O2. The zero-order valence-electron chi connectivity index (χ0n) is 15.1. The van der Waals surface area contributed by atoms with Gasteiger partial charge < -0.3 is 20.1 Å². The van der Waals surface area contributed by atoms with Crippen LogP contribution >= 0.6 is 0 Å². The van der Waals surface area contributed by atoms with E-state index in [0.29, 0.717) is 22.9 Å². The Morgan fingerprint density at radius 1 is 0.600 bits per heavy atom. The lowest BCUT2D eigenvalue weighted by molar-refractivity contribution is 0.454. The molecule has 0 aliphatic carbocycles. The summed E-state index contributed by atoms with van der Waals surface area (Å²) in [5.41, 5.74) is 0.905. The van der Waals surface area contributed by atoms with Crippen LogP contribution in [-0.2, 0) is 0 Å². The van der Waals surface area contributed by atoms with E-state index in [1.807, 2.05) is 48.5 Å². The summed E-state index contributed by atoms with van der Waals surface area (Å²) in [6.07, 6.45) is 0. The van der Waals surface area contributed by atoms with E-state index >= 15 is 0 Å². The first-order valence-corrected chi connectivity index (χ1v) is 8.69. The zero-order valence-corrected chi connectivity index (χ0v) is 15.1. The Morgan fingerprint density at radius 2 is 0.967 bits per heavy atom. The molecule has 0 atom stereocenters. The molecule has 0 aromatic heterocycles. The maximum Gasteiger partial charge on any atom is 0.226 e. The zero-order chi connectivity index (χ0) is 20.8. The van der Waals surface area contributed by atoms with Gasteiger partial charge in [0.1, 0.15) is 24.3 Å². The van der Waals surface area contributed by atoms with E-state index in [4.69, 9.17) is 9.47 Å². The molecule has 0 bridgehead atoms. The second-order valence-corrected chi connectivity index (χ2v) is 6.45. The van der Waals surface area contributed by atoms with Crippen molar-refractivity contribution in [1.29, 1.82) is 21.0 Å². The Balaban J connectivity index is 1.82. The molecule has 2 N–H and O–H groups in total. The molecule has 0 saturated carbocycles. The summed E-state index contributed by atoms with van der Waals surface area (Å²) in [5.74, 6) is 1.12. The smallest absolute Gasteiger partial charge is 0.226 e. The highest BCUT2D eigenvalue weighted by atomic mass is 16.5. The number of rotatable bonds is 0. The fraction of sp³-hybridized carbons (Fsp3) is 0. The van der Waals surface area contributed by atoms with Crippen LogP contribution in [0.25, 0.3) is 21.5 Å². The molecular weight excluding hydrogens is 380 g/mol. The molecule has 0 fully saturated rings. The third-order valence-corrected chi connectivity index (χ3v) is 4.89. The molecule has 3 aromatic carbocycles. The van der Waals surface area contributed by atoms with Crippen molar-refractivity contribution in [3.8, 4) is 35.8 Å². The summed E-state index contributed by atoms with van der Waals surface area (Å²) in [6, 6.07) is 18.4. The van der Waals surface area contributed by atoms with Gasteiger partial charge in [-0.05, 0) is 22.9 Å². The number of hydrogen-bond donors (Lipinski definition) is 2. The molecule has 2 heterocycles. The van der Waals surface area contributed by atoms with Crippen LogP contribution in [0.2, 0.25) is 0 Å². The third-order valence-electron chi connectivity index (χ3n) is 4.89. The van der Waals surface area contributed by atoms with Crippen molar-refractivity contribution < 1.29 is 9.47 Å². The van der Waals surface area contributed by atoms with Gasteiger partial charge >= 0.3 is 0 Å². The van der Waals surface area contributed by atoms with Gasteiger partial charge in [-0.2, -0.15) is 21.0 Å². The minimum atomic E-state index is -0.163. The number of nitrogens with one attached hydrogen (secondary N) is 2. The van der Waals surface area contributed by atoms with Gasteiger partial charge in [0.15, 0.2) is 22.6 Å². The molecule has 138 valence electrons. The molecule has 0 unspecified atom stereocenters. The lowest BCUT2D eigenvalue weighted by atomic mass is 9.98. The molecule has 0 amide bonds. The number of hydrogen-bond acceptors (Lipinski definition) is 8. The molecule has 3 aromatic rings. The van der Waals surface area contributed by atoms with Crippen molar-refractivity contribution in [2.24, 2.45) is 0 Å². The molecule has 0 saturated heterocycles. The number of anilines is 2. The number of benzene rings is 3. The van der Waals surface area contributed by atoms with Crippen LogP contribution in [0.4, 0.5) is 11.4 Å². The topological polar surface area (TPSA) is 138 Å². The Morgan fingerprint density at radius 3 is 1.33 bits per heavy atom. The first-order valence-electron chi connectivity index (χ1n) is 8.69. The molecule has 5 rings (SSSR count). The Bertz CT molecular complexity index is 1390. The predicted molar refractivity (Wildman–Crippen MR) is 106 cm³/mol. The first-order chi connectivity index (χ1) is 14.7. The average Bonchev–Trinajstić information content (AvgIpc) is 3.39. The van der Waals surface area contributed by atoms with Crippen LogP contribution in [0.5, 0.6) is 11.5 Å². The first kappa shape index (κ1) is 17.0. The molecule has 0 spiro atoms. The lowest BCUT2D eigenvalue weighted by Crippen LogP contribution is -2.01. The number of nitriles is 4. The lowest BCUT2D eigenvalue weighted by Gasteiger charge is -2.10. The number of ether oxygens (including phenoxy) is 2. The van der Waals surface area contributed by atoms with E-state index in [-0.39, 0.29) is 22.9 Å². The van der Waals surface area contributed by atoms with Crippen LogP contribution in [0.1, 0.15) is 0 Å². The summed E-state index contributed by atoms with van der Waals surface area (Å²) in [6.45, 7) is 0. The van der Waals surface area contributed by atoms with E-state index < -0.39 is 0 Å². The van der Waals surface area contributed by atoms with Gasteiger partial charge in [0.05, 0.1) is 11.4 Å². The Hall–Kier alpha value is -5.18. The van der Waals surface area contributed by atoms with Crippen molar-refractivity contribution in [3.05, 3.63) is 59.3 Å². The minimum absolute atomic E-state index is 0.0770. The van der Waals surface area contributed by atoms with E-state index in [9.17, 15) is 21.0 Å². The van der Waals surface area contributed by atoms with Crippen molar-refractivity contribution in [1.82, 2.24) is 0 Å². The van der Waals surface area contributed by atoms with Crippen LogP contribution in [0, 0.1) is 45.3 Å². The van der Waals surface area contributed by atoms with E-state index in [1.54, 1.807) is 12.1 Å². The molecule has 2 aliphatic rings. The second-order valence-electron chi connectivity index (χ2n) is 6.45.